The van der Waals surface area contributed by atoms with Crippen LogP contribution >= 0.6 is 11.6 Å². The van der Waals surface area contributed by atoms with Gasteiger partial charge in [0.05, 0.1) is 18.5 Å². The van der Waals surface area contributed by atoms with Gasteiger partial charge in [0.1, 0.15) is 30.2 Å². The molecule has 0 aliphatic carbocycles. The van der Waals surface area contributed by atoms with Crippen molar-refractivity contribution in [2.24, 2.45) is 5.92 Å². The predicted molar refractivity (Wildman–Crippen MR) is 75.2 cm³/mol. The Morgan fingerprint density at radius 1 is 1.27 bits per heavy atom. The fourth-order valence-corrected chi connectivity index (χ4v) is 3.75. The average molecular weight is 327 g/mol. The zero-order valence-electron chi connectivity index (χ0n) is 11.4. The second-order valence-corrected chi connectivity index (χ2v) is 6.14. The highest BCUT2D eigenvalue weighted by molar-refractivity contribution is 6.33. The van der Waals surface area contributed by atoms with Crippen molar-refractivity contribution in [3.05, 3.63) is 17.8 Å². The first-order chi connectivity index (χ1) is 10.6. The molecule has 0 aromatic carbocycles. The fourth-order valence-electron chi connectivity index (χ4n) is 3.57. The third-order valence-corrected chi connectivity index (χ3v) is 4.90. The smallest absolute Gasteiger partial charge is 0.165 e. The van der Waals surface area contributed by atoms with E-state index in [1.54, 1.807) is 10.9 Å². The van der Waals surface area contributed by atoms with Crippen LogP contribution in [0.3, 0.4) is 0 Å². The molecule has 0 unspecified atom stereocenters. The molecule has 2 aliphatic heterocycles. The zero-order valence-corrected chi connectivity index (χ0v) is 12.2. The van der Waals surface area contributed by atoms with Crippen LogP contribution in [0.5, 0.6) is 0 Å². The molecule has 4 heterocycles. The first kappa shape index (κ1) is 14.3. The van der Waals surface area contributed by atoms with Crippen LogP contribution in [-0.4, -0.2) is 65.9 Å². The average Bonchev–Trinajstić information content (AvgIpc) is 3.05. The van der Waals surface area contributed by atoms with Gasteiger partial charge in [-0.25, -0.2) is 15.0 Å². The number of aliphatic hydroxyl groups is 3. The molecule has 2 aliphatic rings. The summed E-state index contributed by atoms with van der Waals surface area (Å²) in [5, 5.41) is 30.2. The van der Waals surface area contributed by atoms with Gasteiger partial charge in [0.15, 0.2) is 10.8 Å². The Labute approximate surface area is 130 Å². The molecule has 2 aromatic heterocycles. The summed E-state index contributed by atoms with van der Waals surface area (Å²) in [6, 6.07) is -0.385. The van der Waals surface area contributed by atoms with Gasteiger partial charge < -0.3 is 24.6 Å². The summed E-state index contributed by atoms with van der Waals surface area (Å²) >= 11 is 6.01. The molecule has 8 nitrogen and oxygen atoms in total. The number of hydrogen-bond donors (Lipinski definition) is 3. The highest BCUT2D eigenvalue weighted by Crippen LogP contribution is 2.44. The topological polar surface area (TPSA) is 114 Å². The summed E-state index contributed by atoms with van der Waals surface area (Å²) in [6.07, 6.45) is 0.300. The van der Waals surface area contributed by atoms with E-state index < -0.39 is 24.4 Å². The lowest BCUT2D eigenvalue weighted by Crippen LogP contribution is -2.41. The molecular formula is C13H15ClN4O4. The predicted octanol–water partition coefficient (Wildman–Crippen LogP) is -0.478. The quantitative estimate of drug-likeness (QED) is 0.639. The lowest BCUT2D eigenvalue weighted by Gasteiger charge is -2.36. The van der Waals surface area contributed by atoms with Gasteiger partial charge >= 0.3 is 0 Å². The standard InChI is InChI=1S/C13H15ClN4O4/c14-12-7-13(16-3-15-12)18(4-17-7)8-5(2-19)1-6-9(20)10(21)11(8)22-6/h3-6,8-11,19-21H,1-2H2/t5-,6-,8+,9-,10+,11+/m0/s1. The van der Waals surface area contributed by atoms with Gasteiger partial charge in [-0.15, -0.1) is 0 Å². The molecule has 2 aromatic rings. The van der Waals surface area contributed by atoms with Gasteiger partial charge in [0.25, 0.3) is 0 Å². The summed E-state index contributed by atoms with van der Waals surface area (Å²) in [5.74, 6) is -0.179. The number of aliphatic hydroxyl groups excluding tert-OH is 3. The molecule has 2 saturated heterocycles. The van der Waals surface area contributed by atoms with Crippen molar-refractivity contribution in [1.29, 1.82) is 0 Å². The van der Waals surface area contributed by atoms with Crippen LogP contribution in [0, 0.1) is 5.92 Å². The Morgan fingerprint density at radius 3 is 2.86 bits per heavy atom. The molecule has 3 N–H and O–H groups in total. The Hall–Kier alpha value is -1.32. The van der Waals surface area contributed by atoms with E-state index >= 15 is 0 Å². The van der Waals surface area contributed by atoms with E-state index in [0.29, 0.717) is 17.6 Å². The van der Waals surface area contributed by atoms with Crippen molar-refractivity contribution < 1.29 is 20.1 Å². The third-order valence-electron chi connectivity index (χ3n) is 4.62. The molecule has 0 radical (unpaired) electrons. The van der Waals surface area contributed by atoms with Crippen LogP contribution in [0.1, 0.15) is 12.5 Å². The molecule has 0 saturated carbocycles. The maximum atomic E-state index is 10.2. The van der Waals surface area contributed by atoms with Gasteiger partial charge in [-0.2, -0.15) is 0 Å². The number of imidazole rings is 1. The number of rotatable bonds is 2. The molecule has 2 fully saturated rings. The zero-order chi connectivity index (χ0) is 15.4. The molecule has 9 heteroatoms. The van der Waals surface area contributed by atoms with Crippen LogP contribution in [0.25, 0.3) is 11.2 Å². The largest absolute Gasteiger partial charge is 0.396 e. The number of aromatic nitrogens is 4. The molecular weight excluding hydrogens is 312 g/mol. The minimum absolute atomic E-state index is 0.0844. The van der Waals surface area contributed by atoms with Crippen LogP contribution in [0.2, 0.25) is 5.15 Å². The van der Waals surface area contributed by atoms with Crippen LogP contribution in [0.4, 0.5) is 0 Å². The van der Waals surface area contributed by atoms with E-state index in [0.717, 1.165) is 0 Å². The van der Waals surface area contributed by atoms with Gasteiger partial charge in [-0.05, 0) is 6.42 Å². The summed E-state index contributed by atoms with van der Waals surface area (Å²) in [4.78, 5) is 12.3. The Kier molecular flexibility index (Phi) is 3.31. The third kappa shape index (κ3) is 1.88. The highest BCUT2D eigenvalue weighted by atomic mass is 35.5. The molecule has 0 spiro atoms. The lowest BCUT2D eigenvalue weighted by atomic mass is 9.90. The molecule has 118 valence electrons. The number of nitrogens with zero attached hydrogens (tertiary/aromatic N) is 4. The molecule has 22 heavy (non-hydrogen) atoms. The second-order valence-electron chi connectivity index (χ2n) is 5.78. The van der Waals surface area contributed by atoms with E-state index in [4.69, 9.17) is 16.3 Å². The van der Waals surface area contributed by atoms with E-state index in [1.165, 1.54) is 6.33 Å². The molecule has 4 rings (SSSR count). The van der Waals surface area contributed by atoms with Crippen LogP contribution in [-0.2, 0) is 4.74 Å². The maximum absolute atomic E-state index is 10.2. The van der Waals surface area contributed by atoms with Gasteiger partial charge in [-0.1, -0.05) is 11.6 Å². The maximum Gasteiger partial charge on any atom is 0.165 e. The Balaban J connectivity index is 1.83. The van der Waals surface area contributed by atoms with Crippen molar-refractivity contribution in [2.45, 2.75) is 36.9 Å². The summed E-state index contributed by atoms with van der Waals surface area (Å²) < 4.78 is 7.48. The second kappa shape index (κ2) is 5.10. The van der Waals surface area contributed by atoms with Crippen LogP contribution < -0.4 is 0 Å². The summed E-state index contributed by atoms with van der Waals surface area (Å²) in [6.45, 7) is -0.0844. The normalized spacial score (nSPS) is 37.8. The number of fused-ring (bicyclic) bond motifs is 3. The van der Waals surface area contributed by atoms with Crippen molar-refractivity contribution in [3.63, 3.8) is 0 Å². The minimum atomic E-state index is -1.01. The highest BCUT2D eigenvalue weighted by Gasteiger charge is 2.54. The number of halogens is 1. The monoisotopic (exact) mass is 326 g/mol. The van der Waals surface area contributed by atoms with Gasteiger partial charge in [0, 0.05) is 12.5 Å². The minimum Gasteiger partial charge on any atom is -0.396 e. The van der Waals surface area contributed by atoms with Crippen molar-refractivity contribution in [1.82, 2.24) is 19.5 Å². The van der Waals surface area contributed by atoms with E-state index in [1.807, 2.05) is 0 Å². The van der Waals surface area contributed by atoms with Gasteiger partial charge in [-0.3, -0.25) is 0 Å². The summed E-state index contributed by atoms with van der Waals surface area (Å²) in [5.41, 5.74) is 0.968. The van der Waals surface area contributed by atoms with E-state index in [2.05, 4.69) is 15.0 Å². The van der Waals surface area contributed by atoms with Crippen molar-refractivity contribution in [2.75, 3.05) is 6.61 Å². The fraction of sp³-hybridized carbons (Fsp3) is 0.615. The van der Waals surface area contributed by atoms with E-state index in [9.17, 15) is 15.3 Å². The Morgan fingerprint density at radius 2 is 2.09 bits per heavy atom. The Bertz CT molecular complexity index is 710. The first-order valence-corrected chi connectivity index (χ1v) is 7.45. The summed E-state index contributed by atoms with van der Waals surface area (Å²) in [7, 11) is 0. The number of hydrogen-bond acceptors (Lipinski definition) is 7. The van der Waals surface area contributed by atoms with Crippen LogP contribution in [0.15, 0.2) is 12.7 Å². The van der Waals surface area contributed by atoms with E-state index in [-0.39, 0.29) is 23.7 Å². The number of ether oxygens (including phenoxy) is 1. The molecule has 0 amide bonds. The van der Waals surface area contributed by atoms with Gasteiger partial charge in [0.2, 0.25) is 0 Å². The van der Waals surface area contributed by atoms with Crippen molar-refractivity contribution >= 4 is 22.8 Å². The van der Waals surface area contributed by atoms with Crippen molar-refractivity contribution in [3.8, 4) is 0 Å². The first-order valence-electron chi connectivity index (χ1n) is 7.07. The molecule has 2 bridgehead atoms. The lowest BCUT2D eigenvalue weighted by molar-refractivity contribution is -0.0907. The molecule has 6 atom stereocenters. The SMILES string of the molecule is OC[C@@H]1C[C@@H]2O[C@@H]([C@H](O)[C@H]2O)[C@@H]1n1cnc2c(Cl)ncnc21.